The normalized spacial score (nSPS) is 14.7. The average Bonchev–Trinajstić information content (AvgIpc) is 3.15. The summed E-state index contributed by atoms with van der Waals surface area (Å²) >= 11 is 0. The molecular formula is C19H19FN2O3. The fraction of sp³-hybridized carbons (Fsp3) is 0.263. The first-order chi connectivity index (χ1) is 11.9. The Kier molecular flexibility index (Phi) is 4.44. The molecule has 1 aromatic carbocycles. The van der Waals surface area contributed by atoms with Crippen molar-refractivity contribution in [1.29, 1.82) is 0 Å². The highest BCUT2D eigenvalue weighted by molar-refractivity contribution is 6.14. The first kappa shape index (κ1) is 17.0. The van der Waals surface area contributed by atoms with Crippen LogP contribution in [0.2, 0.25) is 0 Å². The van der Waals surface area contributed by atoms with E-state index in [-0.39, 0.29) is 29.8 Å². The molecule has 2 heterocycles. The second-order valence-electron chi connectivity index (χ2n) is 6.38. The minimum atomic E-state index is -0.517. The van der Waals surface area contributed by atoms with Crippen LogP contribution in [0.4, 0.5) is 4.39 Å². The van der Waals surface area contributed by atoms with Gasteiger partial charge >= 0.3 is 0 Å². The molecular weight excluding hydrogens is 323 g/mol. The summed E-state index contributed by atoms with van der Waals surface area (Å²) in [5.74, 6) is -1.68. The van der Waals surface area contributed by atoms with E-state index in [0.717, 1.165) is 11.3 Å². The monoisotopic (exact) mass is 342 g/mol. The van der Waals surface area contributed by atoms with Crippen LogP contribution in [0.5, 0.6) is 0 Å². The number of aliphatic hydroxyl groups is 1. The maximum Gasteiger partial charge on any atom is 0.289 e. The third-order valence-electron chi connectivity index (χ3n) is 4.27. The largest absolute Gasteiger partial charge is 0.503 e. The Balaban J connectivity index is 1.77. The fourth-order valence-corrected chi connectivity index (χ4v) is 2.84. The van der Waals surface area contributed by atoms with E-state index in [9.17, 15) is 19.1 Å². The second-order valence-corrected chi connectivity index (χ2v) is 6.38. The van der Waals surface area contributed by atoms with Crippen molar-refractivity contribution in [2.45, 2.75) is 26.3 Å². The summed E-state index contributed by atoms with van der Waals surface area (Å²) in [6.07, 6.45) is 0.523. The van der Waals surface area contributed by atoms with E-state index < -0.39 is 11.7 Å². The van der Waals surface area contributed by atoms with E-state index >= 15 is 0 Å². The van der Waals surface area contributed by atoms with Crippen molar-refractivity contribution in [1.82, 2.24) is 9.88 Å². The summed E-state index contributed by atoms with van der Waals surface area (Å²) in [7, 11) is 0. The number of Topliss-reactive ketones (excluding diaryl/α,β-unsaturated/α-hetero) is 1. The lowest BCUT2D eigenvalue weighted by Gasteiger charge is -2.20. The van der Waals surface area contributed by atoms with E-state index in [1.165, 1.54) is 17.0 Å². The molecule has 1 aliphatic heterocycles. The molecule has 0 bridgehead atoms. The smallest absolute Gasteiger partial charge is 0.289 e. The predicted octanol–water partition coefficient (Wildman–Crippen LogP) is 2.99. The van der Waals surface area contributed by atoms with Gasteiger partial charge in [0.1, 0.15) is 5.82 Å². The Morgan fingerprint density at radius 1 is 1.24 bits per heavy atom. The highest BCUT2D eigenvalue weighted by atomic mass is 19.1. The van der Waals surface area contributed by atoms with E-state index in [4.69, 9.17) is 0 Å². The van der Waals surface area contributed by atoms with Crippen molar-refractivity contribution in [2.24, 2.45) is 0 Å². The summed E-state index contributed by atoms with van der Waals surface area (Å²) in [4.78, 5) is 29.1. The van der Waals surface area contributed by atoms with Crippen LogP contribution in [0.15, 0.2) is 47.7 Å². The maximum absolute atomic E-state index is 13.0. The number of nitrogens with one attached hydrogen (secondary N) is 1. The van der Waals surface area contributed by atoms with Gasteiger partial charge in [0.15, 0.2) is 5.76 Å². The molecule has 0 unspecified atom stereocenters. The number of hydrogen-bond acceptors (Lipinski definition) is 3. The Labute approximate surface area is 144 Å². The topological polar surface area (TPSA) is 73.4 Å². The molecule has 0 atom stereocenters. The van der Waals surface area contributed by atoms with Gasteiger partial charge in [-0.15, -0.1) is 0 Å². The summed E-state index contributed by atoms with van der Waals surface area (Å²) in [6, 6.07) is 9.44. The van der Waals surface area contributed by atoms with Crippen LogP contribution in [-0.2, 0) is 11.2 Å². The van der Waals surface area contributed by atoms with Gasteiger partial charge in [0.2, 0.25) is 5.78 Å². The van der Waals surface area contributed by atoms with Crippen LogP contribution in [0.25, 0.3) is 0 Å². The zero-order valence-electron chi connectivity index (χ0n) is 14.0. The van der Waals surface area contributed by atoms with Crippen LogP contribution in [0.3, 0.4) is 0 Å². The first-order valence-electron chi connectivity index (χ1n) is 8.07. The maximum atomic E-state index is 13.0. The lowest BCUT2D eigenvalue weighted by atomic mass is 10.1. The van der Waals surface area contributed by atoms with Gasteiger partial charge in [-0.25, -0.2) is 4.39 Å². The summed E-state index contributed by atoms with van der Waals surface area (Å²) in [5, 5.41) is 9.99. The number of halogens is 1. The lowest BCUT2D eigenvalue weighted by Crippen LogP contribution is -2.34. The molecule has 3 rings (SSSR count). The molecule has 25 heavy (non-hydrogen) atoms. The van der Waals surface area contributed by atoms with Gasteiger partial charge in [0.05, 0.1) is 17.8 Å². The van der Waals surface area contributed by atoms with Crippen molar-refractivity contribution in [2.75, 3.05) is 6.54 Å². The fourth-order valence-electron chi connectivity index (χ4n) is 2.84. The zero-order chi connectivity index (χ0) is 18.1. The minimum absolute atomic E-state index is 0.0994. The number of aromatic nitrogens is 1. The lowest BCUT2D eigenvalue weighted by molar-refractivity contribution is -0.129. The number of benzene rings is 1. The van der Waals surface area contributed by atoms with Gasteiger partial charge in [-0.1, -0.05) is 12.1 Å². The molecule has 1 amide bonds. The van der Waals surface area contributed by atoms with Gasteiger partial charge in [0, 0.05) is 18.2 Å². The molecule has 5 nitrogen and oxygen atoms in total. The van der Waals surface area contributed by atoms with E-state index in [0.29, 0.717) is 12.1 Å². The molecule has 2 N–H and O–H groups in total. The van der Waals surface area contributed by atoms with Crippen molar-refractivity contribution in [3.8, 4) is 0 Å². The molecule has 1 aliphatic rings. The second kappa shape index (κ2) is 6.55. The zero-order valence-corrected chi connectivity index (χ0v) is 14.0. The summed E-state index contributed by atoms with van der Waals surface area (Å²) in [5.41, 5.74) is 2.12. The Morgan fingerprint density at radius 3 is 2.52 bits per heavy atom. The van der Waals surface area contributed by atoms with Gasteiger partial charge in [-0.2, -0.15) is 0 Å². The third-order valence-corrected chi connectivity index (χ3v) is 4.27. The summed E-state index contributed by atoms with van der Waals surface area (Å²) < 4.78 is 13.0. The predicted molar refractivity (Wildman–Crippen MR) is 90.8 cm³/mol. The average molecular weight is 342 g/mol. The molecule has 0 fully saturated rings. The number of carbonyl (C=O) groups excluding carboxylic acids is 2. The molecule has 2 aromatic rings. The standard InChI is InChI=1S/C19H19FN2O3/c1-11(2)22-10-15(18(24)19(22)25)17(23)16-8-7-14(21-16)9-12-3-5-13(20)6-4-12/h3-8,11,21,24H,9-10H2,1-2H3. The van der Waals surface area contributed by atoms with E-state index in [1.54, 1.807) is 24.3 Å². The number of aliphatic hydroxyl groups excluding tert-OH is 1. The van der Waals surface area contributed by atoms with Gasteiger partial charge in [-0.05, 0) is 43.7 Å². The number of rotatable bonds is 5. The highest BCUT2D eigenvalue weighted by Gasteiger charge is 2.35. The quantitative estimate of drug-likeness (QED) is 0.821. The van der Waals surface area contributed by atoms with Crippen LogP contribution < -0.4 is 0 Å². The molecule has 0 radical (unpaired) electrons. The Morgan fingerprint density at radius 2 is 1.92 bits per heavy atom. The number of carbonyl (C=O) groups is 2. The van der Waals surface area contributed by atoms with Crippen LogP contribution in [0, 0.1) is 5.82 Å². The molecule has 1 aromatic heterocycles. The van der Waals surface area contributed by atoms with Crippen LogP contribution in [-0.4, -0.2) is 39.3 Å². The van der Waals surface area contributed by atoms with Crippen LogP contribution >= 0.6 is 0 Å². The van der Waals surface area contributed by atoms with Crippen molar-refractivity contribution in [3.05, 3.63) is 70.5 Å². The van der Waals surface area contributed by atoms with E-state index in [1.807, 2.05) is 13.8 Å². The molecule has 0 spiro atoms. The van der Waals surface area contributed by atoms with Crippen molar-refractivity contribution in [3.63, 3.8) is 0 Å². The first-order valence-corrected chi connectivity index (χ1v) is 8.07. The number of hydrogen-bond donors (Lipinski definition) is 2. The molecule has 0 saturated carbocycles. The van der Waals surface area contributed by atoms with E-state index in [2.05, 4.69) is 4.98 Å². The summed E-state index contributed by atoms with van der Waals surface area (Å²) in [6.45, 7) is 3.76. The van der Waals surface area contributed by atoms with Gasteiger partial charge < -0.3 is 15.0 Å². The molecule has 0 saturated heterocycles. The number of ketones is 1. The number of aromatic amines is 1. The minimum Gasteiger partial charge on any atom is -0.503 e. The number of amides is 1. The number of nitrogens with zero attached hydrogens (tertiary/aromatic N) is 1. The van der Waals surface area contributed by atoms with Gasteiger partial charge in [0.25, 0.3) is 5.91 Å². The van der Waals surface area contributed by atoms with Crippen LogP contribution in [0.1, 0.15) is 35.6 Å². The van der Waals surface area contributed by atoms with Crippen molar-refractivity contribution >= 4 is 11.7 Å². The Bertz CT molecular complexity index is 850. The molecule has 0 aliphatic carbocycles. The SMILES string of the molecule is CC(C)N1CC(C(=O)c2ccc(Cc3ccc(F)cc3)[nH]2)=C(O)C1=O. The Hall–Kier alpha value is -2.89. The highest BCUT2D eigenvalue weighted by Crippen LogP contribution is 2.23. The molecule has 130 valence electrons. The third kappa shape index (κ3) is 3.33. The van der Waals surface area contributed by atoms with Gasteiger partial charge in [-0.3, -0.25) is 9.59 Å². The number of H-pyrrole nitrogens is 1. The van der Waals surface area contributed by atoms with Crippen molar-refractivity contribution < 1.29 is 19.1 Å². The molecule has 6 heteroatoms.